The summed E-state index contributed by atoms with van der Waals surface area (Å²) in [6.07, 6.45) is 7.98. The van der Waals surface area contributed by atoms with Crippen LogP contribution in [0.25, 0.3) is 11.4 Å². The molecule has 1 saturated heterocycles. The molecular weight excluding hydrogens is 328 g/mol. The number of aromatic nitrogens is 2. The van der Waals surface area contributed by atoms with Gasteiger partial charge in [-0.15, -0.1) is 0 Å². The molecule has 1 aliphatic heterocycles. The number of benzene rings is 1. The monoisotopic (exact) mass is 354 g/mol. The summed E-state index contributed by atoms with van der Waals surface area (Å²) in [5, 5.41) is 7.46. The summed E-state index contributed by atoms with van der Waals surface area (Å²) in [7, 11) is 0. The number of hydrogen-bond donors (Lipinski definition) is 1. The Morgan fingerprint density at radius 3 is 2.65 bits per heavy atom. The first kappa shape index (κ1) is 17.2. The number of rotatable bonds is 5. The van der Waals surface area contributed by atoms with Gasteiger partial charge in [-0.3, -0.25) is 4.79 Å². The average Bonchev–Trinajstić information content (AvgIpc) is 3.19. The predicted molar refractivity (Wildman–Crippen MR) is 98.2 cm³/mol. The fourth-order valence-corrected chi connectivity index (χ4v) is 4.05. The van der Waals surface area contributed by atoms with Gasteiger partial charge in [-0.1, -0.05) is 61.2 Å². The molecule has 6 heteroatoms. The summed E-state index contributed by atoms with van der Waals surface area (Å²) in [6, 6.07) is 10.4. The van der Waals surface area contributed by atoms with Crippen molar-refractivity contribution in [2.45, 2.75) is 63.6 Å². The van der Waals surface area contributed by atoms with Crippen LogP contribution in [-0.4, -0.2) is 39.6 Å². The van der Waals surface area contributed by atoms with Crippen molar-refractivity contribution < 1.29 is 9.32 Å². The smallest absolute Gasteiger partial charge is 0.240 e. The molecular formula is C20H26N4O2. The third-order valence-corrected chi connectivity index (χ3v) is 5.47. The fraction of sp³-hybridized carbons (Fsp3) is 0.550. The Morgan fingerprint density at radius 2 is 1.88 bits per heavy atom. The molecule has 1 saturated carbocycles. The minimum absolute atomic E-state index is 0.165. The Kier molecular flexibility index (Phi) is 5.29. The maximum absolute atomic E-state index is 12.4. The van der Waals surface area contributed by atoms with E-state index >= 15 is 0 Å². The first-order valence-electron chi connectivity index (χ1n) is 9.70. The van der Waals surface area contributed by atoms with Crippen molar-refractivity contribution in [3.8, 4) is 11.4 Å². The summed E-state index contributed by atoms with van der Waals surface area (Å²) in [6.45, 7) is 1.29. The quantitative estimate of drug-likeness (QED) is 0.835. The number of nitrogens with one attached hydrogen (secondary N) is 1. The zero-order valence-corrected chi connectivity index (χ0v) is 15.1. The lowest BCUT2D eigenvalue weighted by atomic mass is 10.1. The number of hydrogen-bond acceptors (Lipinski definition) is 5. The van der Waals surface area contributed by atoms with Gasteiger partial charge in [0.15, 0.2) is 0 Å². The van der Waals surface area contributed by atoms with Crippen LogP contribution in [0.3, 0.4) is 0 Å². The van der Waals surface area contributed by atoms with Gasteiger partial charge in [0.05, 0.1) is 6.54 Å². The van der Waals surface area contributed by atoms with Crippen molar-refractivity contribution in [2.24, 2.45) is 0 Å². The molecule has 4 rings (SSSR count). The number of carbonyl (C=O) groups excluding carboxylic acids is 1. The maximum atomic E-state index is 12.4. The maximum Gasteiger partial charge on any atom is 0.240 e. The van der Waals surface area contributed by atoms with Crippen LogP contribution >= 0.6 is 0 Å². The Balaban J connectivity index is 1.31. The fourth-order valence-electron chi connectivity index (χ4n) is 4.05. The van der Waals surface area contributed by atoms with E-state index in [0.29, 0.717) is 30.7 Å². The van der Waals surface area contributed by atoms with Crippen LogP contribution in [0, 0.1) is 0 Å². The lowest BCUT2D eigenvalue weighted by Crippen LogP contribution is -2.38. The standard InChI is InChI=1S/C20H26N4O2/c25-19-12-16(14-24(19)17-10-6-1-2-7-11-17)21-13-18-22-20(23-26-18)15-8-4-3-5-9-15/h3-5,8-9,16-17,21H,1-2,6-7,10-14H2. The van der Waals surface area contributed by atoms with Crippen LogP contribution in [0.5, 0.6) is 0 Å². The summed E-state index contributed by atoms with van der Waals surface area (Å²) in [5.41, 5.74) is 0.943. The Labute approximate surface area is 154 Å². The van der Waals surface area contributed by atoms with Crippen LogP contribution in [0.2, 0.25) is 0 Å². The highest BCUT2D eigenvalue weighted by molar-refractivity contribution is 5.79. The van der Waals surface area contributed by atoms with Crippen molar-refractivity contribution in [1.29, 1.82) is 0 Å². The predicted octanol–water partition coefficient (Wildman–Crippen LogP) is 3.15. The minimum Gasteiger partial charge on any atom is -0.338 e. The first-order valence-corrected chi connectivity index (χ1v) is 9.70. The first-order chi connectivity index (χ1) is 12.8. The van der Waals surface area contributed by atoms with Gasteiger partial charge in [-0.25, -0.2) is 0 Å². The van der Waals surface area contributed by atoms with Crippen LogP contribution in [0.15, 0.2) is 34.9 Å². The van der Waals surface area contributed by atoms with E-state index in [2.05, 4.69) is 20.4 Å². The van der Waals surface area contributed by atoms with Crippen LogP contribution in [0.4, 0.5) is 0 Å². The van der Waals surface area contributed by atoms with Gasteiger partial charge in [0.25, 0.3) is 0 Å². The highest BCUT2D eigenvalue weighted by Gasteiger charge is 2.34. The molecule has 0 bridgehead atoms. The summed E-state index contributed by atoms with van der Waals surface area (Å²) < 4.78 is 5.34. The van der Waals surface area contributed by atoms with E-state index in [-0.39, 0.29) is 11.9 Å². The second-order valence-electron chi connectivity index (χ2n) is 7.35. The third kappa shape index (κ3) is 3.96. The molecule has 1 aliphatic carbocycles. The van der Waals surface area contributed by atoms with Crippen LogP contribution < -0.4 is 5.32 Å². The molecule has 1 N–H and O–H groups in total. The molecule has 0 spiro atoms. The van der Waals surface area contributed by atoms with Gasteiger partial charge < -0.3 is 14.7 Å². The molecule has 1 aromatic heterocycles. The lowest BCUT2D eigenvalue weighted by Gasteiger charge is -2.27. The largest absolute Gasteiger partial charge is 0.338 e. The number of nitrogens with zero attached hydrogens (tertiary/aromatic N) is 3. The molecule has 1 unspecified atom stereocenters. The Hall–Kier alpha value is -2.21. The van der Waals surface area contributed by atoms with Gasteiger partial charge in [-0.2, -0.15) is 4.98 Å². The lowest BCUT2D eigenvalue weighted by molar-refractivity contribution is -0.129. The molecule has 2 fully saturated rings. The van der Waals surface area contributed by atoms with Crippen molar-refractivity contribution in [1.82, 2.24) is 20.4 Å². The van der Waals surface area contributed by atoms with E-state index in [4.69, 9.17) is 4.52 Å². The van der Waals surface area contributed by atoms with E-state index in [1.807, 2.05) is 30.3 Å². The highest BCUT2D eigenvalue weighted by atomic mass is 16.5. The molecule has 0 radical (unpaired) electrons. The van der Waals surface area contributed by atoms with Crippen LogP contribution in [0.1, 0.15) is 50.8 Å². The molecule has 2 heterocycles. The normalized spacial score (nSPS) is 21.9. The van der Waals surface area contributed by atoms with Crippen molar-refractivity contribution in [2.75, 3.05) is 6.54 Å². The van der Waals surface area contributed by atoms with E-state index in [0.717, 1.165) is 24.9 Å². The molecule has 2 aliphatic rings. The summed E-state index contributed by atoms with van der Waals surface area (Å²) in [5.74, 6) is 1.44. The minimum atomic E-state index is 0.165. The third-order valence-electron chi connectivity index (χ3n) is 5.47. The number of amides is 1. The van der Waals surface area contributed by atoms with Crippen molar-refractivity contribution in [3.05, 3.63) is 36.2 Å². The number of carbonyl (C=O) groups is 1. The van der Waals surface area contributed by atoms with E-state index in [1.54, 1.807) is 0 Å². The van der Waals surface area contributed by atoms with Crippen molar-refractivity contribution in [3.63, 3.8) is 0 Å². The summed E-state index contributed by atoms with van der Waals surface area (Å²) in [4.78, 5) is 19.0. The molecule has 1 amide bonds. The average molecular weight is 354 g/mol. The molecule has 6 nitrogen and oxygen atoms in total. The highest BCUT2D eigenvalue weighted by Crippen LogP contribution is 2.26. The molecule has 26 heavy (non-hydrogen) atoms. The van der Waals surface area contributed by atoms with Gasteiger partial charge in [0.1, 0.15) is 0 Å². The Bertz CT molecular complexity index is 722. The molecule has 1 aromatic carbocycles. The second kappa shape index (κ2) is 7.99. The van der Waals surface area contributed by atoms with E-state index < -0.39 is 0 Å². The molecule has 2 aromatic rings. The second-order valence-corrected chi connectivity index (χ2v) is 7.35. The van der Waals surface area contributed by atoms with E-state index in [9.17, 15) is 4.79 Å². The van der Waals surface area contributed by atoms with Gasteiger partial charge in [0.2, 0.25) is 17.6 Å². The number of likely N-dealkylation sites (tertiary alicyclic amines) is 1. The van der Waals surface area contributed by atoms with Gasteiger partial charge in [-0.05, 0) is 12.8 Å². The van der Waals surface area contributed by atoms with Gasteiger partial charge in [0, 0.05) is 30.6 Å². The SMILES string of the molecule is O=C1CC(NCc2nc(-c3ccccc3)no2)CN1C1CCCCCC1. The topological polar surface area (TPSA) is 71.3 Å². The zero-order chi connectivity index (χ0) is 17.8. The van der Waals surface area contributed by atoms with Gasteiger partial charge >= 0.3 is 0 Å². The Morgan fingerprint density at radius 1 is 1.12 bits per heavy atom. The molecule has 138 valence electrons. The summed E-state index contributed by atoms with van der Waals surface area (Å²) >= 11 is 0. The van der Waals surface area contributed by atoms with Crippen LogP contribution in [-0.2, 0) is 11.3 Å². The van der Waals surface area contributed by atoms with Crippen molar-refractivity contribution >= 4 is 5.91 Å². The van der Waals surface area contributed by atoms with E-state index in [1.165, 1.54) is 25.7 Å². The molecule has 1 atom stereocenters. The zero-order valence-electron chi connectivity index (χ0n) is 15.1.